The van der Waals surface area contributed by atoms with Crippen LogP contribution in [0.5, 0.6) is 0 Å². The van der Waals surface area contributed by atoms with Crippen molar-refractivity contribution in [3.8, 4) is 0 Å². The number of aromatic amines is 1. The summed E-state index contributed by atoms with van der Waals surface area (Å²) < 4.78 is 27.9. The number of aryl methyl sites for hydroxylation is 1. The van der Waals surface area contributed by atoms with Crippen molar-refractivity contribution in [1.29, 1.82) is 0 Å². The monoisotopic (exact) mass is 282 g/mol. The van der Waals surface area contributed by atoms with E-state index in [-0.39, 0.29) is 10.7 Å². The zero-order valence-corrected chi connectivity index (χ0v) is 10.6. The third-order valence-electron chi connectivity index (χ3n) is 2.14. The minimum Gasteiger partial charge on any atom is -0.324 e. The summed E-state index contributed by atoms with van der Waals surface area (Å²) in [6.07, 6.45) is 0.120. The van der Waals surface area contributed by atoms with E-state index in [9.17, 15) is 13.2 Å². The first kappa shape index (κ1) is 13.0. The van der Waals surface area contributed by atoms with Crippen molar-refractivity contribution in [3.63, 3.8) is 0 Å². The van der Waals surface area contributed by atoms with Crippen molar-refractivity contribution in [3.05, 3.63) is 36.0 Å². The number of rotatable bonds is 3. The van der Waals surface area contributed by atoms with Crippen LogP contribution in [0.3, 0.4) is 0 Å². The number of anilines is 1. The molecule has 1 amide bonds. The molecule has 2 rings (SSSR count). The first-order valence-electron chi connectivity index (χ1n) is 5.16. The number of hydrogen-bond acceptors (Lipinski definition) is 6. The molecule has 0 saturated carbocycles. The lowest BCUT2D eigenvalue weighted by molar-refractivity contribution is 0.217. The van der Waals surface area contributed by atoms with Crippen molar-refractivity contribution >= 4 is 22.0 Å². The van der Waals surface area contributed by atoms with E-state index in [2.05, 4.69) is 24.9 Å². The van der Waals surface area contributed by atoms with Crippen molar-refractivity contribution < 1.29 is 17.4 Å². The minimum atomic E-state index is -4.15. The Labute approximate surface area is 108 Å². The van der Waals surface area contributed by atoms with E-state index in [4.69, 9.17) is 0 Å². The largest absolute Gasteiger partial charge is 0.428 e. The van der Waals surface area contributed by atoms with Crippen LogP contribution in [0.25, 0.3) is 0 Å². The summed E-state index contributed by atoms with van der Waals surface area (Å²) in [6, 6.07) is 5.92. The Bertz CT molecular complexity index is 664. The molecule has 0 aliphatic heterocycles. The van der Waals surface area contributed by atoms with Gasteiger partial charge in [-0.2, -0.15) is 8.42 Å². The molecule has 2 N–H and O–H groups in total. The first-order chi connectivity index (χ1) is 8.97. The topological polar surface area (TPSA) is 114 Å². The fraction of sp³-hybridized carbons (Fsp3) is 0.100. The van der Waals surface area contributed by atoms with Gasteiger partial charge in [0.25, 0.3) is 0 Å². The summed E-state index contributed by atoms with van der Waals surface area (Å²) in [7, 11) is -4.15. The van der Waals surface area contributed by atoms with Gasteiger partial charge in [0.05, 0.1) is 6.20 Å². The number of benzene rings is 1. The van der Waals surface area contributed by atoms with E-state index in [0.717, 1.165) is 5.56 Å². The standard InChI is InChI=1S/C10H10N4O4S/c1-7-2-4-8(5-3-7)19(16,17)18-10(15)12-9-6-11-14-13-9/h2-6H,1H3,(H2,11,12,13,14,15). The Balaban J connectivity index is 2.09. The van der Waals surface area contributed by atoms with Crippen LogP contribution >= 0.6 is 0 Å². The van der Waals surface area contributed by atoms with E-state index >= 15 is 0 Å². The maximum atomic E-state index is 11.8. The molecule has 0 aliphatic rings. The van der Waals surface area contributed by atoms with Crippen LogP contribution in [-0.4, -0.2) is 29.9 Å². The van der Waals surface area contributed by atoms with E-state index in [1.807, 2.05) is 6.92 Å². The molecule has 1 aromatic carbocycles. The number of H-pyrrole nitrogens is 1. The Morgan fingerprint density at radius 2 is 2.00 bits per heavy atom. The molecule has 8 nitrogen and oxygen atoms in total. The zero-order valence-electron chi connectivity index (χ0n) is 9.82. The SMILES string of the molecule is Cc1ccc(S(=O)(=O)OC(=O)Nc2c[nH]nn2)cc1. The van der Waals surface area contributed by atoms with Gasteiger partial charge in [0.2, 0.25) is 0 Å². The first-order valence-corrected chi connectivity index (χ1v) is 6.57. The van der Waals surface area contributed by atoms with Gasteiger partial charge in [-0.05, 0) is 19.1 Å². The lowest BCUT2D eigenvalue weighted by Crippen LogP contribution is -2.19. The summed E-state index contributed by atoms with van der Waals surface area (Å²) in [5.41, 5.74) is 0.894. The Morgan fingerprint density at radius 1 is 1.32 bits per heavy atom. The zero-order chi connectivity index (χ0) is 13.9. The summed E-state index contributed by atoms with van der Waals surface area (Å²) in [5, 5.41) is 11.3. The Hall–Kier alpha value is -2.42. The number of carbonyl (C=O) groups is 1. The molecule has 0 saturated heterocycles. The Kier molecular flexibility index (Phi) is 3.47. The molecule has 100 valence electrons. The highest BCUT2D eigenvalue weighted by Crippen LogP contribution is 2.14. The third kappa shape index (κ3) is 3.28. The van der Waals surface area contributed by atoms with Crippen LogP contribution in [0.15, 0.2) is 35.4 Å². The summed E-state index contributed by atoms with van der Waals surface area (Å²) >= 11 is 0. The molecule has 9 heteroatoms. The van der Waals surface area contributed by atoms with Gasteiger partial charge in [-0.15, -0.1) is 5.10 Å². The number of carbonyl (C=O) groups excluding carboxylic acids is 1. The molecule has 0 radical (unpaired) electrons. The van der Waals surface area contributed by atoms with E-state index in [0.29, 0.717) is 0 Å². The number of nitrogens with one attached hydrogen (secondary N) is 2. The lowest BCUT2D eigenvalue weighted by Gasteiger charge is -2.05. The van der Waals surface area contributed by atoms with Gasteiger partial charge in [-0.3, -0.25) is 10.4 Å². The van der Waals surface area contributed by atoms with Crippen LogP contribution in [0.4, 0.5) is 10.6 Å². The fourth-order valence-corrected chi connectivity index (χ4v) is 2.05. The second-order valence-electron chi connectivity index (χ2n) is 3.62. The number of amides is 1. The summed E-state index contributed by atoms with van der Waals surface area (Å²) in [6.45, 7) is 1.81. The molecular formula is C10H10N4O4S. The van der Waals surface area contributed by atoms with Gasteiger partial charge < -0.3 is 4.18 Å². The van der Waals surface area contributed by atoms with Crippen molar-refractivity contribution in [2.24, 2.45) is 0 Å². The molecule has 0 aliphatic carbocycles. The molecule has 1 heterocycles. The van der Waals surface area contributed by atoms with E-state index in [1.54, 1.807) is 12.1 Å². The number of hydrogen-bond donors (Lipinski definition) is 2. The highest BCUT2D eigenvalue weighted by atomic mass is 32.2. The van der Waals surface area contributed by atoms with Crippen molar-refractivity contribution in [2.75, 3.05) is 5.32 Å². The van der Waals surface area contributed by atoms with Crippen LogP contribution in [0.2, 0.25) is 0 Å². The predicted molar refractivity (Wildman–Crippen MR) is 64.9 cm³/mol. The molecular weight excluding hydrogens is 272 g/mol. The minimum absolute atomic E-state index is 0.0594. The molecule has 0 unspecified atom stereocenters. The van der Waals surface area contributed by atoms with Gasteiger partial charge in [0.15, 0.2) is 5.82 Å². The summed E-state index contributed by atoms with van der Waals surface area (Å²) in [5.74, 6) is 0.0594. The van der Waals surface area contributed by atoms with Crippen LogP contribution < -0.4 is 5.32 Å². The highest BCUT2D eigenvalue weighted by molar-refractivity contribution is 7.87. The van der Waals surface area contributed by atoms with Crippen LogP contribution in [0, 0.1) is 6.92 Å². The van der Waals surface area contributed by atoms with Crippen molar-refractivity contribution in [2.45, 2.75) is 11.8 Å². The second-order valence-corrected chi connectivity index (χ2v) is 5.17. The second kappa shape index (κ2) is 5.06. The van der Waals surface area contributed by atoms with Gasteiger partial charge in [0.1, 0.15) is 4.90 Å². The van der Waals surface area contributed by atoms with Crippen molar-refractivity contribution in [1.82, 2.24) is 15.4 Å². The highest BCUT2D eigenvalue weighted by Gasteiger charge is 2.20. The molecule has 2 aromatic rings. The van der Waals surface area contributed by atoms with E-state index in [1.165, 1.54) is 18.3 Å². The maximum absolute atomic E-state index is 11.8. The molecule has 1 aromatic heterocycles. The van der Waals surface area contributed by atoms with Gasteiger partial charge in [-0.1, -0.05) is 22.9 Å². The number of nitrogens with zero attached hydrogens (tertiary/aromatic N) is 2. The molecule has 0 spiro atoms. The number of aromatic nitrogens is 3. The van der Waals surface area contributed by atoms with Gasteiger partial charge >= 0.3 is 16.2 Å². The molecule has 0 bridgehead atoms. The average molecular weight is 282 g/mol. The third-order valence-corrected chi connectivity index (χ3v) is 3.36. The molecule has 0 atom stereocenters. The summed E-state index contributed by atoms with van der Waals surface area (Å²) in [4.78, 5) is 11.3. The quantitative estimate of drug-likeness (QED) is 0.813. The smallest absolute Gasteiger partial charge is 0.324 e. The Morgan fingerprint density at radius 3 is 2.58 bits per heavy atom. The van der Waals surface area contributed by atoms with Crippen LogP contribution in [-0.2, 0) is 14.3 Å². The van der Waals surface area contributed by atoms with Gasteiger partial charge in [-0.25, -0.2) is 4.79 Å². The lowest BCUT2D eigenvalue weighted by atomic mass is 10.2. The van der Waals surface area contributed by atoms with E-state index < -0.39 is 16.2 Å². The molecule has 0 fully saturated rings. The molecule has 19 heavy (non-hydrogen) atoms. The fourth-order valence-electron chi connectivity index (χ4n) is 1.24. The maximum Gasteiger partial charge on any atom is 0.428 e. The van der Waals surface area contributed by atoms with Gasteiger partial charge in [0, 0.05) is 0 Å². The normalized spacial score (nSPS) is 11.0. The van der Waals surface area contributed by atoms with Crippen LogP contribution in [0.1, 0.15) is 5.56 Å². The average Bonchev–Trinajstić information content (AvgIpc) is 2.81. The predicted octanol–water partition coefficient (Wildman–Crippen LogP) is 1.05.